The molecule has 0 saturated carbocycles. The summed E-state index contributed by atoms with van der Waals surface area (Å²) in [5.74, 6) is -0.314. The highest BCUT2D eigenvalue weighted by Gasteiger charge is 2.27. The molecule has 6 nitrogen and oxygen atoms in total. The first-order valence-electron chi connectivity index (χ1n) is 10.4. The first-order chi connectivity index (χ1) is 14.0. The molecule has 29 heavy (non-hydrogen) atoms. The van der Waals surface area contributed by atoms with Crippen LogP contribution in [0, 0.1) is 0 Å². The molecule has 1 amide bonds. The highest BCUT2D eigenvalue weighted by atomic mass is 16.3. The van der Waals surface area contributed by atoms with E-state index in [1.807, 2.05) is 6.92 Å². The molecule has 0 aliphatic carbocycles. The number of carbonyl (C=O) groups is 1. The van der Waals surface area contributed by atoms with E-state index in [1.54, 1.807) is 11.0 Å². The molecule has 1 fully saturated rings. The maximum Gasteiger partial charge on any atom is 0.258 e. The van der Waals surface area contributed by atoms with E-state index in [0.717, 1.165) is 44.7 Å². The average molecular weight is 396 g/mol. The second-order valence-electron chi connectivity index (χ2n) is 8.04. The van der Waals surface area contributed by atoms with Gasteiger partial charge in [-0.3, -0.25) is 9.69 Å². The van der Waals surface area contributed by atoms with Crippen LogP contribution in [0.3, 0.4) is 0 Å². The van der Waals surface area contributed by atoms with Crippen molar-refractivity contribution in [3.05, 3.63) is 58.1 Å². The van der Waals surface area contributed by atoms with Crippen molar-refractivity contribution >= 4 is 5.91 Å². The second kappa shape index (κ2) is 8.43. The monoisotopic (exact) mass is 395 g/mol. The summed E-state index contributed by atoms with van der Waals surface area (Å²) in [6.45, 7) is 8.22. The zero-order chi connectivity index (χ0) is 20.4. The molecule has 0 bridgehead atoms. The molecule has 2 heterocycles. The summed E-state index contributed by atoms with van der Waals surface area (Å²) in [5.41, 5.74) is 4.58. The third-order valence-corrected chi connectivity index (χ3v) is 5.84. The van der Waals surface area contributed by atoms with Crippen LogP contribution >= 0.6 is 0 Å². The number of piperazine rings is 1. The highest BCUT2D eigenvalue weighted by molar-refractivity contribution is 5.97. The van der Waals surface area contributed by atoms with Crippen LogP contribution in [0.25, 0.3) is 0 Å². The molecule has 3 N–H and O–H groups in total. The van der Waals surface area contributed by atoms with Gasteiger partial charge in [0.1, 0.15) is 11.5 Å². The number of carbonyl (C=O) groups excluding carboxylic acids is 1. The van der Waals surface area contributed by atoms with Crippen LogP contribution in [-0.4, -0.2) is 52.1 Å². The van der Waals surface area contributed by atoms with Gasteiger partial charge in [-0.15, -0.1) is 0 Å². The fraction of sp³-hybridized carbons (Fsp3) is 0.435. The molecule has 154 valence electrons. The van der Waals surface area contributed by atoms with E-state index in [-0.39, 0.29) is 23.0 Å². The van der Waals surface area contributed by atoms with Crippen LogP contribution in [0.15, 0.2) is 30.3 Å². The Hall–Kier alpha value is -2.57. The lowest BCUT2D eigenvalue weighted by atomic mass is 10.0. The zero-order valence-electron chi connectivity index (χ0n) is 16.9. The number of hydrogen-bond donors (Lipinski definition) is 3. The van der Waals surface area contributed by atoms with Gasteiger partial charge in [0.05, 0.1) is 5.56 Å². The Labute approximate surface area is 171 Å². The average Bonchev–Trinajstić information content (AvgIpc) is 3.14. The summed E-state index contributed by atoms with van der Waals surface area (Å²) in [7, 11) is 0. The second-order valence-corrected chi connectivity index (χ2v) is 8.04. The van der Waals surface area contributed by atoms with Gasteiger partial charge in [-0.25, -0.2) is 0 Å². The summed E-state index contributed by atoms with van der Waals surface area (Å²) < 4.78 is 0. The quantitative estimate of drug-likeness (QED) is 0.726. The highest BCUT2D eigenvalue weighted by Crippen LogP contribution is 2.32. The van der Waals surface area contributed by atoms with Gasteiger partial charge < -0.3 is 20.4 Å². The minimum Gasteiger partial charge on any atom is -0.508 e. The molecule has 2 aliphatic heterocycles. The Morgan fingerprint density at radius 2 is 1.79 bits per heavy atom. The summed E-state index contributed by atoms with van der Waals surface area (Å²) >= 11 is 0. The molecular formula is C23H29N3O3. The first-order valence-corrected chi connectivity index (χ1v) is 10.4. The Morgan fingerprint density at radius 1 is 1.03 bits per heavy atom. The Bertz CT molecular complexity index is 906. The fourth-order valence-corrected chi connectivity index (χ4v) is 4.25. The standard InChI is InChI=1S/C23H29N3O3/c1-2-3-17-11-20(22(28)12-21(17)27)23(29)26-14-18-5-4-16(10-19(18)15-26)13-25-8-6-24-7-9-25/h4-5,10-12,24,27-28H,2-3,6-9,13-15H2,1H3. The molecule has 0 radical (unpaired) electrons. The van der Waals surface area contributed by atoms with E-state index >= 15 is 0 Å². The molecule has 0 atom stereocenters. The van der Waals surface area contributed by atoms with Gasteiger partial charge >= 0.3 is 0 Å². The van der Waals surface area contributed by atoms with E-state index in [4.69, 9.17) is 0 Å². The fourth-order valence-electron chi connectivity index (χ4n) is 4.25. The summed E-state index contributed by atoms with van der Waals surface area (Å²) in [6.07, 6.45) is 1.53. The van der Waals surface area contributed by atoms with E-state index in [9.17, 15) is 15.0 Å². The molecule has 0 spiro atoms. The predicted molar refractivity (Wildman–Crippen MR) is 112 cm³/mol. The summed E-state index contributed by atoms with van der Waals surface area (Å²) in [6, 6.07) is 9.41. The van der Waals surface area contributed by atoms with E-state index < -0.39 is 0 Å². The van der Waals surface area contributed by atoms with E-state index in [2.05, 4.69) is 28.4 Å². The van der Waals surface area contributed by atoms with Crippen LogP contribution in [0.1, 0.15) is 46.0 Å². The van der Waals surface area contributed by atoms with Gasteiger partial charge in [0.2, 0.25) is 0 Å². The first kappa shape index (κ1) is 19.7. The molecule has 1 saturated heterocycles. The van der Waals surface area contributed by atoms with E-state index in [1.165, 1.54) is 17.2 Å². The van der Waals surface area contributed by atoms with Gasteiger partial charge in [-0.05, 0) is 34.7 Å². The smallest absolute Gasteiger partial charge is 0.258 e. The van der Waals surface area contributed by atoms with Gasteiger partial charge in [0.25, 0.3) is 5.91 Å². The van der Waals surface area contributed by atoms with Gasteiger partial charge in [-0.2, -0.15) is 0 Å². The maximum atomic E-state index is 13.1. The number of fused-ring (bicyclic) bond motifs is 1. The normalized spacial score (nSPS) is 16.8. The lowest BCUT2D eigenvalue weighted by Crippen LogP contribution is -2.42. The molecule has 4 rings (SSSR count). The number of phenolic OH excluding ortho intramolecular Hbond substituents is 2. The number of aromatic hydroxyl groups is 2. The Morgan fingerprint density at radius 3 is 2.55 bits per heavy atom. The zero-order valence-corrected chi connectivity index (χ0v) is 16.9. The van der Waals surface area contributed by atoms with Crippen molar-refractivity contribution in [2.75, 3.05) is 26.2 Å². The molecule has 0 unspecified atom stereocenters. The minimum absolute atomic E-state index is 0.0446. The van der Waals surface area contributed by atoms with Crippen LogP contribution in [0.5, 0.6) is 11.5 Å². The van der Waals surface area contributed by atoms with Crippen molar-refractivity contribution in [2.45, 2.75) is 39.4 Å². The van der Waals surface area contributed by atoms with Crippen molar-refractivity contribution in [1.82, 2.24) is 15.1 Å². The number of nitrogens with one attached hydrogen (secondary N) is 1. The third-order valence-electron chi connectivity index (χ3n) is 5.84. The topological polar surface area (TPSA) is 76.0 Å². The van der Waals surface area contributed by atoms with Crippen molar-refractivity contribution in [3.63, 3.8) is 0 Å². The van der Waals surface area contributed by atoms with Crippen LogP contribution in [0.4, 0.5) is 0 Å². The Kier molecular flexibility index (Phi) is 5.74. The molecule has 2 aromatic carbocycles. The van der Waals surface area contributed by atoms with E-state index in [0.29, 0.717) is 25.1 Å². The third kappa shape index (κ3) is 4.23. The molecular weight excluding hydrogens is 366 g/mol. The van der Waals surface area contributed by atoms with Crippen molar-refractivity contribution in [2.24, 2.45) is 0 Å². The lowest BCUT2D eigenvalue weighted by molar-refractivity contribution is 0.0748. The Balaban J connectivity index is 1.49. The van der Waals surface area contributed by atoms with Crippen molar-refractivity contribution in [3.8, 4) is 11.5 Å². The number of aryl methyl sites for hydroxylation is 1. The largest absolute Gasteiger partial charge is 0.508 e. The number of benzene rings is 2. The summed E-state index contributed by atoms with van der Waals surface area (Å²) in [5, 5.41) is 23.6. The van der Waals surface area contributed by atoms with Crippen molar-refractivity contribution < 1.29 is 15.0 Å². The number of hydrogen-bond acceptors (Lipinski definition) is 5. The number of amides is 1. The number of rotatable bonds is 5. The van der Waals surface area contributed by atoms with Crippen LogP contribution in [-0.2, 0) is 26.1 Å². The number of nitrogens with zero attached hydrogens (tertiary/aromatic N) is 2. The minimum atomic E-state index is -0.195. The van der Waals surface area contributed by atoms with Gasteiger partial charge in [0.15, 0.2) is 0 Å². The van der Waals surface area contributed by atoms with Crippen LogP contribution in [0.2, 0.25) is 0 Å². The predicted octanol–water partition coefficient (Wildman–Crippen LogP) is 2.61. The number of phenols is 2. The SMILES string of the molecule is CCCc1cc(C(=O)N2Cc3ccc(CN4CCNCC4)cc3C2)c(O)cc1O. The van der Waals surface area contributed by atoms with Crippen molar-refractivity contribution in [1.29, 1.82) is 0 Å². The lowest BCUT2D eigenvalue weighted by Gasteiger charge is -2.27. The van der Waals surface area contributed by atoms with Gasteiger partial charge in [-0.1, -0.05) is 31.5 Å². The van der Waals surface area contributed by atoms with Crippen LogP contribution < -0.4 is 5.32 Å². The van der Waals surface area contributed by atoms with Gasteiger partial charge in [0, 0.05) is 51.9 Å². The summed E-state index contributed by atoms with van der Waals surface area (Å²) in [4.78, 5) is 17.3. The molecule has 2 aromatic rings. The maximum absolute atomic E-state index is 13.1. The molecule has 6 heteroatoms. The molecule has 2 aliphatic rings. The molecule has 0 aromatic heterocycles.